The summed E-state index contributed by atoms with van der Waals surface area (Å²) in [5.41, 5.74) is -4.18. The molecule has 0 atom stereocenters. The van der Waals surface area contributed by atoms with Crippen molar-refractivity contribution in [3.8, 4) is 10.6 Å². The van der Waals surface area contributed by atoms with E-state index >= 15 is 0 Å². The van der Waals surface area contributed by atoms with Gasteiger partial charge in [-0.1, -0.05) is 12.1 Å². The summed E-state index contributed by atoms with van der Waals surface area (Å²) in [6.45, 7) is 1.59. The molecule has 16 heteroatoms. The van der Waals surface area contributed by atoms with E-state index in [2.05, 4.69) is 15.3 Å². The smallest absolute Gasteiger partial charge is 0.389 e. The van der Waals surface area contributed by atoms with Gasteiger partial charge in [0.05, 0.1) is 53.8 Å². The number of aliphatic hydroxyl groups excluding tert-OH is 1. The van der Waals surface area contributed by atoms with E-state index in [1.54, 1.807) is 10.3 Å². The molecule has 1 fully saturated rings. The third-order valence-corrected chi connectivity index (χ3v) is 8.81. The van der Waals surface area contributed by atoms with Crippen LogP contribution in [0.4, 0.5) is 18.3 Å². The van der Waals surface area contributed by atoms with Crippen LogP contribution in [0.5, 0.6) is 0 Å². The second kappa shape index (κ2) is 11.4. The first kappa shape index (κ1) is 28.1. The van der Waals surface area contributed by atoms with Gasteiger partial charge in [-0.3, -0.25) is 9.59 Å². The molecule has 3 aromatic rings. The number of hydrogen-bond donors (Lipinski definition) is 2. The molecule has 38 heavy (non-hydrogen) atoms. The third-order valence-electron chi connectivity index (χ3n) is 5.45. The number of carbonyl (C=O) groups is 2. The summed E-state index contributed by atoms with van der Waals surface area (Å²) in [5.74, 6) is -0.637. The fraction of sp³-hybridized carbons (Fsp3) is 0.364. The maximum absolute atomic E-state index is 12.7. The molecule has 4 rings (SSSR count). The highest BCUT2D eigenvalue weighted by atomic mass is 32.2. The van der Waals surface area contributed by atoms with Crippen LogP contribution in [-0.4, -0.2) is 72.0 Å². The average Bonchev–Trinajstić information content (AvgIpc) is 3.50. The van der Waals surface area contributed by atoms with Crippen molar-refractivity contribution in [3.63, 3.8) is 0 Å². The Kier molecular flexibility index (Phi) is 8.46. The highest BCUT2D eigenvalue weighted by Gasteiger charge is 2.46. The van der Waals surface area contributed by atoms with Gasteiger partial charge in [0.25, 0.3) is 9.84 Å². The highest BCUT2D eigenvalue weighted by molar-refractivity contribution is 7.92. The van der Waals surface area contributed by atoms with Crippen LogP contribution in [0.3, 0.4) is 0 Å². The number of aromatic nitrogens is 2. The van der Waals surface area contributed by atoms with E-state index in [-0.39, 0.29) is 30.5 Å². The van der Waals surface area contributed by atoms with E-state index in [0.29, 0.717) is 53.1 Å². The topological polar surface area (TPSA) is 139 Å². The van der Waals surface area contributed by atoms with Gasteiger partial charge in [-0.2, -0.15) is 13.2 Å². The lowest BCUT2D eigenvalue weighted by atomic mass is 10.1. The number of halogens is 3. The monoisotopic (exact) mass is 590 g/mol. The third kappa shape index (κ3) is 6.37. The summed E-state index contributed by atoms with van der Waals surface area (Å²) in [7, 11) is -5.47. The first-order valence-electron chi connectivity index (χ1n) is 11.1. The predicted octanol–water partition coefficient (Wildman–Crippen LogP) is 2.63. The molecule has 1 aliphatic heterocycles. The number of ether oxygens (including phenoxy) is 1. The molecule has 0 spiro atoms. The number of amides is 2. The number of hydrogen-bond acceptors (Lipinski definition) is 10. The Morgan fingerprint density at radius 3 is 2.42 bits per heavy atom. The van der Waals surface area contributed by atoms with Gasteiger partial charge in [0.2, 0.25) is 11.8 Å². The van der Waals surface area contributed by atoms with Crippen LogP contribution in [0.25, 0.3) is 10.6 Å². The van der Waals surface area contributed by atoms with Gasteiger partial charge in [0.15, 0.2) is 5.13 Å². The van der Waals surface area contributed by atoms with Gasteiger partial charge in [-0.25, -0.2) is 18.4 Å². The van der Waals surface area contributed by atoms with Crippen molar-refractivity contribution >= 4 is 49.5 Å². The molecule has 2 N–H and O–H groups in total. The van der Waals surface area contributed by atoms with Crippen molar-refractivity contribution in [1.82, 2.24) is 14.9 Å². The minimum absolute atomic E-state index is 0.0190. The molecule has 1 aromatic carbocycles. The molecule has 0 unspecified atom stereocenters. The molecule has 2 amide bonds. The molecule has 0 bridgehead atoms. The zero-order valence-corrected chi connectivity index (χ0v) is 22.0. The van der Waals surface area contributed by atoms with Crippen LogP contribution in [0.2, 0.25) is 0 Å². The summed E-state index contributed by atoms with van der Waals surface area (Å²) >= 11 is 2.31. The standard InChI is InChI=1S/C22H21F3N4O6S3/c23-22(24,25)38(33,34)14-3-1-13(2-4-14)9-17(31)28-21-27-16(12-36-21)20-15(26-18(11-30)37-20)10-19(32)29-5-7-35-8-6-29/h1-4,12,30H,5-11H2,(H,27,28,31). The first-order chi connectivity index (χ1) is 18.0. The maximum atomic E-state index is 12.7. The van der Waals surface area contributed by atoms with Crippen LogP contribution in [0, 0.1) is 0 Å². The molecule has 1 saturated heterocycles. The Morgan fingerprint density at radius 1 is 1.11 bits per heavy atom. The number of rotatable bonds is 8. The van der Waals surface area contributed by atoms with E-state index in [1.807, 2.05) is 0 Å². The number of aliphatic hydroxyl groups is 1. The fourth-order valence-electron chi connectivity index (χ4n) is 3.56. The number of carbonyl (C=O) groups excluding carboxylic acids is 2. The molecular formula is C22H21F3N4O6S3. The van der Waals surface area contributed by atoms with Crippen molar-refractivity contribution in [2.45, 2.75) is 29.9 Å². The number of sulfone groups is 1. The summed E-state index contributed by atoms with van der Waals surface area (Å²) in [5, 5.41) is 14.5. The van der Waals surface area contributed by atoms with Crippen molar-refractivity contribution in [2.24, 2.45) is 0 Å². The highest BCUT2D eigenvalue weighted by Crippen LogP contribution is 2.34. The predicted molar refractivity (Wildman–Crippen MR) is 132 cm³/mol. The Balaban J connectivity index is 1.42. The van der Waals surface area contributed by atoms with Crippen LogP contribution < -0.4 is 5.32 Å². The number of anilines is 1. The molecule has 204 valence electrons. The lowest BCUT2D eigenvalue weighted by Gasteiger charge is -2.26. The summed E-state index contributed by atoms with van der Waals surface area (Å²) in [4.78, 5) is 35.3. The average molecular weight is 591 g/mol. The molecule has 10 nitrogen and oxygen atoms in total. The van der Waals surface area contributed by atoms with Crippen LogP contribution in [0.1, 0.15) is 16.3 Å². The van der Waals surface area contributed by atoms with E-state index in [1.165, 1.54) is 11.3 Å². The maximum Gasteiger partial charge on any atom is 0.501 e. The first-order valence-corrected chi connectivity index (χ1v) is 14.3. The quantitative estimate of drug-likeness (QED) is 0.408. The lowest BCUT2D eigenvalue weighted by molar-refractivity contribution is -0.134. The number of alkyl halides is 3. The minimum Gasteiger partial charge on any atom is -0.389 e. The minimum atomic E-state index is -5.47. The zero-order valence-electron chi connectivity index (χ0n) is 19.5. The van der Waals surface area contributed by atoms with E-state index in [9.17, 15) is 36.3 Å². The summed E-state index contributed by atoms with van der Waals surface area (Å²) < 4.78 is 66.3. The number of nitrogens with one attached hydrogen (secondary N) is 1. The van der Waals surface area contributed by atoms with Crippen LogP contribution in [0.15, 0.2) is 34.5 Å². The summed E-state index contributed by atoms with van der Waals surface area (Å²) in [6, 6.07) is 3.87. The van der Waals surface area contributed by atoms with E-state index in [4.69, 9.17) is 4.74 Å². The van der Waals surface area contributed by atoms with Gasteiger partial charge in [0, 0.05) is 18.5 Å². The summed E-state index contributed by atoms with van der Waals surface area (Å²) in [6.07, 6.45) is -0.207. The Labute approximate surface area is 223 Å². The number of morpholine rings is 1. The fourth-order valence-corrected chi connectivity index (χ4v) is 6.02. The van der Waals surface area contributed by atoms with E-state index in [0.717, 1.165) is 35.6 Å². The Morgan fingerprint density at radius 2 is 1.79 bits per heavy atom. The molecule has 0 radical (unpaired) electrons. The molecule has 0 aliphatic carbocycles. The Hall–Kier alpha value is -2.92. The van der Waals surface area contributed by atoms with Crippen LogP contribution in [-0.2, 0) is 43.6 Å². The van der Waals surface area contributed by atoms with Gasteiger partial charge in [-0.15, -0.1) is 22.7 Å². The molecule has 3 heterocycles. The van der Waals surface area contributed by atoms with E-state index < -0.39 is 26.1 Å². The van der Waals surface area contributed by atoms with Crippen molar-refractivity contribution in [1.29, 1.82) is 0 Å². The zero-order chi connectivity index (χ0) is 27.5. The SMILES string of the molecule is O=C(Cc1ccc(S(=O)(=O)C(F)(F)F)cc1)Nc1nc(-c2sc(CO)nc2CC(=O)N2CCOCC2)cs1. The van der Waals surface area contributed by atoms with Crippen molar-refractivity contribution in [3.05, 3.63) is 45.9 Å². The molecule has 2 aromatic heterocycles. The molecule has 0 saturated carbocycles. The van der Waals surface area contributed by atoms with Crippen molar-refractivity contribution in [2.75, 3.05) is 31.6 Å². The normalized spacial score (nSPS) is 14.5. The molecule has 1 aliphatic rings. The molecular weight excluding hydrogens is 569 g/mol. The lowest BCUT2D eigenvalue weighted by Crippen LogP contribution is -2.41. The van der Waals surface area contributed by atoms with Gasteiger partial charge in [0.1, 0.15) is 5.01 Å². The second-order valence-corrected chi connectivity index (χ2v) is 12.0. The Bertz CT molecular complexity index is 1410. The number of nitrogens with zero attached hydrogens (tertiary/aromatic N) is 3. The van der Waals surface area contributed by atoms with Crippen LogP contribution >= 0.6 is 22.7 Å². The van der Waals surface area contributed by atoms with Gasteiger partial charge in [-0.05, 0) is 17.7 Å². The van der Waals surface area contributed by atoms with Gasteiger partial charge >= 0.3 is 5.51 Å². The number of benzene rings is 1. The second-order valence-electron chi connectivity index (χ2n) is 8.07. The largest absolute Gasteiger partial charge is 0.501 e. The number of thiazole rings is 2. The van der Waals surface area contributed by atoms with Crippen molar-refractivity contribution < 1.29 is 41.0 Å². The van der Waals surface area contributed by atoms with Gasteiger partial charge < -0.3 is 20.1 Å².